The van der Waals surface area contributed by atoms with Crippen molar-refractivity contribution in [3.8, 4) is 5.75 Å². The Morgan fingerprint density at radius 3 is 2.75 bits per heavy atom. The van der Waals surface area contributed by atoms with Crippen molar-refractivity contribution >= 4 is 17.8 Å². The Morgan fingerprint density at radius 2 is 2.00 bits per heavy atom. The van der Waals surface area contributed by atoms with Gasteiger partial charge < -0.3 is 10.1 Å². The average Bonchev–Trinajstić information content (AvgIpc) is 2.60. The molecular weight excluding hydrogens is 302 g/mol. The second-order valence-corrected chi connectivity index (χ2v) is 5.47. The third-order valence-corrected chi connectivity index (χ3v) is 3.46. The molecule has 0 fully saturated rings. The van der Waals surface area contributed by atoms with Gasteiger partial charge in [0, 0.05) is 18.7 Å². The van der Waals surface area contributed by atoms with Gasteiger partial charge in [0.15, 0.2) is 0 Å². The van der Waals surface area contributed by atoms with Crippen LogP contribution in [0.4, 0.5) is 5.69 Å². The van der Waals surface area contributed by atoms with Crippen LogP contribution in [0.15, 0.2) is 53.6 Å². The molecule has 0 atom stereocenters. The fourth-order valence-electron chi connectivity index (χ4n) is 2.11. The summed E-state index contributed by atoms with van der Waals surface area (Å²) in [4.78, 5) is 11.7. The lowest BCUT2D eigenvalue weighted by Crippen LogP contribution is -2.18. The molecule has 0 aliphatic rings. The number of carbonyl (C=O) groups excluding carboxylic acids is 1. The zero-order valence-corrected chi connectivity index (χ0v) is 14.1. The SMILES string of the molecule is COc1cccc(/C=N/NC(=O)CCCNc2ccc(C)cc2)c1. The van der Waals surface area contributed by atoms with E-state index in [9.17, 15) is 4.79 Å². The molecule has 5 nitrogen and oxygen atoms in total. The van der Waals surface area contributed by atoms with Gasteiger partial charge in [0.1, 0.15) is 5.75 Å². The number of methoxy groups -OCH3 is 1. The van der Waals surface area contributed by atoms with E-state index in [1.807, 2.05) is 36.4 Å². The van der Waals surface area contributed by atoms with Gasteiger partial charge in [-0.2, -0.15) is 5.10 Å². The number of nitrogens with one attached hydrogen (secondary N) is 2. The minimum atomic E-state index is -0.0974. The first-order valence-corrected chi connectivity index (χ1v) is 7.94. The normalized spacial score (nSPS) is 10.6. The number of hydrogen-bond donors (Lipinski definition) is 2. The summed E-state index contributed by atoms with van der Waals surface area (Å²) in [6.45, 7) is 2.80. The van der Waals surface area contributed by atoms with Crippen LogP contribution in [0.1, 0.15) is 24.0 Å². The maximum absolute atomic E-state index is 11.7. The minimum absolute atomic E-state index is 0.0974. The highest BCUT2D eigenvalue weighted by Gasteiger charge is 1.99. The summed E-state index contributed by atoms with van der Waals surface area (Å²) in [5.74, 6) is 0.660. The van der Waals surface area contributed by atoms with Crippen molar-refractivity contribution in [3.63, 3.8) is 0 Å². The van der Waals surface area contributed by atoms with Crippen LogP contribution in [0.25, 0.3) is 0 Å². The predicted octanol–water partition coefficient (Wildman–Crippen LogP) is 3.35. The minimum Gasteiger partial charge on any atom is -0.497 e. The number of rotatable bonds is 8. The van der Waals surface area contributed by atoms with Crippen LogP contribution in [0.5, 0.6) is 5.75 Å². The zero-order chi connectivity index (χ0) is 17.2. The molecule has 0 aromatic heterocycles. The molecule has 0 aliphatic heterocycles. The van der Waals surface area contributed by atoms with Gasteiger partial charge in [0.25, 0.3) is 0 Å². The molecule has 0 radical (unpaired) electrons. The second-order valence-electron chi connectivity index (χ2n) is 5.47. The van der Waals surface area contributed by atoms with E-state index in [0.29, 0.717) is 6.42 Å². The molecule has 0 unspecified atom stereocenters. The van der Waals surface area contributed by atoms with Crippen molar-refractivity contribution in [1.29, 1.82) is 0 Å². The Kier molecular flexibility index (Phi) is 6.83. The van der Waals surface area contributed by atoms with Crippen molar-refractivity contribution < 1.29 is 9.53 Å². The van der Waals surface area contributed by atoms with E-state index in [-0.39, 0.29) is 5.91 Å². The van der Waals surface area contributed by atoms with Gasteiger partial charge >= 0.3 is 0 Å². The summed E-state index contributed by atoms with van der Waals surface area (Å²) in [6, 6.07) is 15.7. The third kappa shape index (κ3) is 6.12. The molecule has 2 N–H and O–H groups in total. The first kappa shape index (κ1) is 17.5. The summed E-state index contributed by atoms with van der Waals surface area (Å²) in [5.41, 5.74) is 5.70. The highest BCUT2D eigenvalue weighted by molar-refractivity contribution is 5.82. The molecule has 24 heavy (non-hydrogen) atoms. The fourth-order valence-corrected chi connectivity index (χ4v) is 2.11. The van der Waals surface area contributed by atoms with Crippen molar-refractivity contribution in [3.05, 3.63) is 59.7 Å². The lowest BCUT2D eigenvalue weighted by Gasteiger charge is -2.06. The quantitative estimate of drug-likeness (QED) is 0.444. The number of hydrazone groups is 1. The second kappa shape index (κ2) is 9.35. The van der Waals surface area contributed by atoms with Crippen LogP contribution in [0.2, 0.25) is 0 Å². The van der Waals surface area contributed by atoms with E-state index in [2.05, 4.69) is 34.9 Å². The topological polar surface area (TPSA) is 62.7 Å². The van der Waals surface area contributed by atoms with Gasteiger partial charge in [-0.3, -0.25) is 4.79 Å². The standard InChI is InChI=1S/C19H23N3O2/c1-15-8-10-17(11-9-15)20-12-4-7-19(23)22-21-14-16-5-3-6-18(13-16)24-2/h3,5-6,8-11,13-14,20H,4,7,12H2,1-2H3,(H,22,23)/b21-14+. The first-order valence-electron chi connectivity index (χ1n) is 7.94. The van der Waals surface area contributed by atoms with E-state index in [1.165, 1.54) is 5.56 Å². The van der Waals surface area contributed by atoms with E-state index in [1.54, 1.807) is 13.3 Å². The predicted molar refractivity (Wildman–Crippen MR) is 97.6 cm³/mol. The zero-order valence-electron chi connectivity index (χ0n) is 14.1. The molecule has 1 amide bonds. The first-order chi connectivity index (χ1) is 11.7. The Hall–Kier alpha value is -2.82. The average molecular weight is 325 g/mol. The number of hydrogen-bond acceptors (Lipinski definition) is 4. The van der Waals surface area contributed by atoms with E-state index >= 15 is 0 Å². The van der Waals surface area contributed by atoms with Gasteiger partial charge in [-0.1, -0.05) is 29.8 Å². The van der Waals surface area contributed by atoms with Gasteiger partial charge in [-0.05, 0) is 43.2 Å². The van der Waals surface area contributed by atoms with Crippen LogP contribution < -0.4 is 15.5 Å². The lowest BCUT2D eigenvalue weighted by molar-refractivity contribution is -0.121. The molecule has 2 rings (SSSR count). The highest BCUT2D eigenvalue weighted by atomic mass is 16.5. The Morgan fingerprint density at radius 1 is 1.21 bits per heavy atom. The van der Waals surface area contributed by atoms with Gasteiger partial charge in [-0.15, -0.1) is 0 Å². The molecule has 0 saturated heterocycles. The molecule has 5 heteroatoms. The van der Waals surface area contributed by atoms with Crippen LogP contribution >= 0.6 is 0 Å². The Labute approximate surface area is 142 Å². The van der Waals surface area contributed by atoms with Crippen molar-refractivity contribution in [2.24, 2.45) is 5.10 Å². The van der Waals surface area contributed by atoms with Gasteiger partial charge in [0.05, 0.1) is 13.3 Å². The molecule has 2 aromatic carbocycles. The number of amides is 1. The molecule has 0 heterocycles. The van der Waals surface area contributed by atoms with Crippen LogP contribution in [0, 0.1) is 6.92 Å². The lowest BCUT2D eigenvalue weighted by atomic mass is 10.2. The molecule has 0 aliphatic carbocycles. The number of anilines is 1. The highest BCUT2D eigenvalue weighted by Crippen LogP contribution is 2.10. The van der Waals surface area contributed by atoms with E-state index < -0.39 is 0 Å². The molecular formula is C19H23N3O2. The Balaban J connectivity index is 1.65. The van der Waals surface area contributed by atoms with Crippen molar-refractivity contribution in [2.45, 2.75) is 19.8 Å². The van der Waals surface area contributed by atoms with Crippen LogP contribution in [0.3, 0.4) is 0 Å². The monoisotopic (exact) mass is 325 g/mol. The smallest absolute Gasteiger partial charge is 0.240 e. The number of carbonyl (C=O) groups is 1. The maximum Gasteiger partial charge on any atom is 0.240 e. The van der Waals surface area contributed by atoms with Crippen molar-refractivity contribution in [2.75, 3.05) is 19.0 Å². The summed E-state index contributed by atoms with van der Waals surface area (Å²) >= 11 is 0. The maximum atomic E-state index is 11.7. The van der Waals surface area contributed by atoms with E-state index in [0.717, 1.165) is 30.0 Å². The van der Waals surface area contributed by atoms with Crippen molar-refractivity contribution in [1.82, 2.24) is 5.43 Å². The van der Waals surface area contributed by atoms with E-state index in [4.69, 9.17) is 4.74 Å². The molecule has 2 aromatic rings. The number of aryl methyl sites for hydroxylation is 1. The number of benzene rings is 2. The fraction of sp³-hybridized carbons (Fsp3) is 0.263. The number of ether oxygens (including phenoxy) is 1. The van der Waals surface area contributed by atoms with Gasteiger partial charge in [0.2, 0.25) is 5.91 Å². The van der Waals surface area contributed by atoms with Crippen LogP contribution in [-0.4, -0.2) is 25.8 Å². The molecule has 0 saturated carbocycles. The molecule has 0 spiro atoms. The Bertz CT molecular complexity index is 681. The summed E-state index contributed by atoms with van der Waals surface area (Å²) in [6.07, 6.45) is 2.77. The summed E-state index contributed by atoms with van der Waals surface area (Å²) < 4.78 is 5.13. The largest absolute Gasteiger partial charge is 0.497 e. The number of nitrogens with zero attached hydrogens (tertiary/aromatic N) is 1. The molecule has 0 bridgehead atoms. The summed E-state index contributed by atoms with van der Waals surface area (Å²) in [5, 5.41) is 7.25. The van der Waals surface area contributed by atoms with Gasteiger partial charge in [-0.25, -0.2) is 5.43 Å². The third-order valence-electron chi connectivity index (χ3n) is 3.46. The van der Waals surface area contributed by atoms with Crippen LogP contribution in [-0.2, 0) is 4.79 Å². The molecule has 126 valence electrons. The summed E-state index contributed by atoms with van der Waals surface area (Å²) in [7, 11) is 1.61.